The highest BCUT2D eigenvalue weighted by atomic mass is 16.1. The highest BCUT2D eigenvalue weighted by Crippen LogP contribution is 2.28. The largest absolute Gasteiger partial charge is 0.371 e. The first-order valence-electron chi connectivity index (χ1n) is 6.46. The number of piperidine rings is 1. The first-order valence-corrected chi connectivity index (χ1v) is 6.46. The van der Waals surface area contributed by atoms with E-state index < -0.39 is 0 Å². The van der Waals surface area contributed by atoms with E-state index >= 15 is 0 Å². The van der Waals surface area contributed by atoms with Crippen LogP contribution in [-0.2, 0) is 0 Å². The average molecular weight is 231 g/mol. The Morgan fingerprint density at radius 1 is 1.12 bits per heavy atom. The van der Waals surface area contributed by atoms with Crippen molar-refractivity contribution in [1.29, 1.82) is 0 Å². The van der Waals surface area contributed by atoms with E-state index in [0.29, 0.717) is 0 Å². The lowest BCUT2D eigenvalue weighted by molar-refractivity contribution is 0.101. The Labute approximate surface area is 104 Å². The van der Waals surface area contributed by atoms with Crippen LogP contribution in [0.2, 0.25) is 0 Å². The first kappa shape index (κ1) is 12.2. The lowest BCUT2D eigenvalue weighted by atomic mass is 9.98. The molecule has 17 heavy (non-hydrogen) atoms. The topological polar surface area (TPSA) is 20.3 Å². The van der Waals surface area contributed by atoms with Crippen LogP contribution in [0.25, 0.3) is 0 Å². The van der Waals surface area contributed by atoms with Crippen molar-refractivity contribution in [3.05, 3.63) is 28.8 Å². The third-order valence-corrected chi connectivity index (χ3v) is 3.51. The van der Waals surface area contributed by atoms with Gasteiger partial charge >= 0.3 is 0 Å². The van der Waals surface area contributed by atoms with Gasteiger partial charge in [-0.2, -0.15) is 0 Å². The number of Topliss-reactive ketones (excluding diaryl/α,β-unsaturated/α-hetero) is 1. The molecule has 0 aromatic heterocycles. The molecule has 1 saturated heterocycles. The fourth-order valence-corrected chi connectivity index (χ4v) is 2.79. The normalized spacial score (nSPS) is 16.1. The first-order chi connectivity index (χ1) is 8.09. The zero-order chi connectivity index (χ0) is 12.4. The van der Waals surface area contributed by atoms with Crippen LogP contribution in [0.15, 0.2) is 12.1 Å². The molecule has 1 aromatic carbocycles. The summed E-state index contributed by atoms with van der Waals surface area (Å²) in [6.45, 7) is 7.99. The summed E-state index contributed by atoms with van der Waals surface area (Å²) in [6.07, 6.45) is 3.80. The van der Waals surface area contributed by atoms with Crippen molar-refractivity contribution in [2.75, 3.05) is 18.0 Å². The molecule has 0 amide bonds. The molecular weight excluding hydrogens is 210 g/mol. The van der Waals surface area contributed by atoms with Crippen LogP contribution < -0.4 is 4.90 Å². The van der Waals surface area contributed by atoms with Gasteiger partial charge in [0.2, 0.25) is 0 Å². The fraction of sp³-hybridized carbons (Fsp3) is 0.533. The molecule has 2 heteroatoms. The third-order valence-electron chi connectivity index (χ3n) is 3.51. The second-order valence-electron chi connectivity index (χ2n) is 5.08. The van der Waals surface area contributed by atoms with Gasteiger partial charge in [-0.1, -0.05) is 6.07 Å². The van der Waals surface area contributed by atoms with Crippen molar-refractivity contribution in [2.24, 2.45) is 0 Å². The quantitative estimate of drug-likeness (QED) is 0.726. The van der Waals surface area contributed by atoms with Crippen LogP contribution in [0.5, 0.6) is 0 Å². The summed E-state index contributed by atoms with van der Waals surface area (Å²) >= 11 is 0. The molecule has 0 saturated carbocycles. The van der Waals surface area contributed by atoms with Crippen LogP contribution in [0, 0.1) is 13.8 Å². The predicted molar refractivity (Wildman–Crippen MR) is 72.0 cm³/mol. The van der Waals surface area contributed by atoms with Gasteiger partial charge in [-0.25, -0.2) is 0 Å². The maximum atomic E-state index is 11.8. The molecule has 0 radical (unpaired) electrons. The molecule has 0 spiro atoms. The molecule has 1 heterocycles. The zero-order valence-corrected chi connectivity index (χ0v) is 11.0. The van der Waals surface area contributed by atoms with Gasteiger partial charge in [0.05, 0.1) is 0 Å². The average Bonchev–Trinajstić information content (AvgIpc) is 2.28. The van der Waals surface area contributed by atoms with Gasteiger partial charge in [0.25, 0.3) is 0 Å². The maximum absolute atomic E-state index is 11.8. The molecule has 1 aliphatic rings. The highest BCUT2D eigenvalue weighted by molar-refractivity contribution is 6.01. The Kier molecular flexibility index (Phi) is 3.51. The Bertz CT molecular complexity index is 431. The monoisotopic (exact) mass is 231 g/mol. The van der Waals surface area contributed by atoms with E-state index in [1.807, 2.05) is 6.92 Å². The van der Waals surface area contributed by atoms with Crippen LogP contribution in [-0.4, -0.2) is 18.9 Å². The van der Waals surface area contributed by atoms with Crippen molar-refractivity contribution in [3.8, 4) is 0 Å². The van der Waals surface area contributed by atoms with Crippen molar-refractivity contribution in [1.82, 2.24) is 0 Å². The predicted octanol–water partition coefficient (Wildman–Crippen LogP) is 3.50. The minimum Gasteiger partial charge on any atom is -0.371 e. The van der Waals surface area contributed by atoms with Gasteiger partial charge in [-0.15, -0.1) is 0 Å². The van der Waals surface area contributed by atoms with Crippen molar-refractivity contribution < 1.29 is 4.79 Å². The summed E-state index contributed by atoms with van der Waals surface area (Å²) in [5.74, 6) is 0.183. The van der Waals surface area contributed by atoms with Gasteiger partial charge < -0.3 is 4.90 Å². The lowest BCUT2D eigenvalue weighted by Crippen LogP contribution is -2.31. The van der Waals surface area contributed by atoms with Crippen LogP contribution in [0.4, 0.5) is 5.69 Å². The van der Waals surface area contributed by atoms with Gasteiger partial charge in [-0.3, -0.25) is 4.79 Å². The number of hydrogen-bond donors (Lipinski definition) is 0. The van der Waals surface area contributed by atoms with Crippen molar-refractivity contribution in [3.63, 3.8) is 0 Å². The van der Waals surface area contributed by atoms with Crippen LogP contribution in [0.3, 0.4) is 0 Å². The zero-order valence-electron chi connectivity index (χ0n) is 11.0. The fourth-order valence-electron chi connectivity index (χ4n) is 2.79. The highest BCUT2D eigenvalue weighted by Gasteiger charge is 2.18. The number of hydrogen-bond acceptors (Lipinski definition) is 2. The van der Waals surface area contributed by atoms with Gasteiger partial charge in [-0.05, 0) is 57.2 Å². The van der Waals surface area contributed by atoms with Gasteiger partial charge in [0.15, 0.2) is 5.78 Å². The van der Waals surface area contributed by atoms with E-state index in [1.54, 1.807) is 6.92 Å². The van der Waals surface area contributed by atoms with Crippen molar-refractivity contribution in [2.45, 2.75) is 40.0 Å². The van der Waals surface area contributed by atoms with E-state index in [0.717, 1.165) is 29.9 Å². The van der Waals surface area contributed by atoms with E-state index in [-0.39, 0.29) is 5.78 Å². The Balaban J connectivity index is 2.46. The number of anilines is 1. The summed E-state index contributed by atoms with van der Waals surface area (Å²) in [6, 6.07) is 4.26. The lowest BCUT2D eigenvalue weighted by Gasteiger charge is -2.31. The summed E-state index contributed by atoms with van der Waals surface area (Å²) < 4.78 is 0. The molecule has 0 aliphatic carbocycles. The molecule has 0 N–H and O–H groups in total. The number of aryl methyl sites for hydroxylation is 2. The Hall–Kier alpha value is -1.31. The minimum absolute atomic E-state index is 0.183. The number of ketones is 1. The molecule has 1 aromatic rings. The number of carbonyl (C=O) groups is 1. The number of benzene rings is 1. The second-order valence-corrected chi connectivity index (χ2v) is 5.08. The summed E-state index contributed by atoms with van der Waals surface area (Å²) in [5, 5.41) is 0. The van der Waals surface area contributed by atoms with E-state index in [4.69, 9.17) is 0 Å². The van der Waals surface area contributed by atoms with Gasteiger partial charge in [0.1, 0.15) is 0 Å². The number of carbonyl (C=O) groups excluding carboxylic acids is 1. The third kappa shape index (κ3) is 2.51. The van der Waals surface area contributed by atoms with Crippen LogP contribution in [0.1, 0.15) is 47.7 Å². The minimum atomic E-state index is 0.183. The summed E-state index contributed by atoms with van der Waals surface area (Å²) in [7, 11) is 0. The molecular formula is C15H21NO. The van der Waals surface area contributed by atoms with E-state index in [2.05, 4.69) is 24.0 Å². The van der Waals surface area contributed by atoms with E-state index in [1.165, 1.54) is 24.8 Å². The maximum Gasteiger partial charge on any atom is 0.162 e. The number of nitrogens with zero attached hydrogens (tertiary/aromatic N) is 1. The van der Waals surface area contributed by atoms with Crippen molar-refractivity contribution >= 4 is 11.5 Å². The summed E-state index contributed by atoms with van der Waals surface area (Å²) in [4.78, 5) is 14.2. The molecule has 2 rings (SSSR count). The standard InChI is InChI=1S/C15H21NO/c1-11-9-12(2)15(13(3)17)14(10-11)16-7-5-4-6-8-16/h9-10H,4-8H2,1-3H3. The number of rotatable bonds is 2. The van der Waals surface area contributed by atoms with Crippen LogP contribution >= 0.6 is 0 Å². The molecule has 0 atom stereocenters. The molecule has 1 aliphatic heterocycles. The molecule has 2 nitrogen and oxygen atoms in total. The van der Waals surface area contributed by atoms with Gasteiger partial charge in [0, 0.05) is 24.3 Å². The molecule has 1 fully saturated rings. The molecule has 0 bridgehead atoms. The SMILES string of the molecule is CC(=O)c1c(C)cc(C)cc1N1CCCCC1. The molecule has 0 unspecified atom stereocenters. The Morgan fingerprint density at radius 2 is 1.76 bits per heavy atom. The Morgan fingerprint density at radius 3 is 2.35 bits per heavy atom. The van der Waals surface area contributed by atoms with E-state index in [9.17, 15) is 4.79 Å². The molecule has 92 valence electrons. The summed E-state index contributed by atoms with van der Waals surface area (Å²) in [5.41, 5.74) is 4.42. The second kappa shape index (κ2) is 4.91. The smallest absolute Gasteiger partial charge is 0.162 e.